The Bertz CT molecular complexity index is 518. The third-order valence-corrected chi connectivity index (χ3v) is 4.80. The molecule has 1 aliphatic rings. The van der Waals surface area contributed by atoms with Crippen LogP contribution in [0.4, 0.5) is 5.69 Å². The lowest BCUT2D eigenvalue weighted by molar-refractivity contribution is -0.00539. The number of hydrogen-bond acceptors (Lipinski definition) is 3. The van der Waals surface area contributed by atoms with Crippen molar-refractivity contribution in [1.82, 2.24) is 0 Å². The Morgan fingerprint density at radius 3 is 2.55 bits per heavy atom. The molecule has 3 N–H and O–H groups in total. The fraction of sp³-hybridized carbons (Fsp3) is 0.588. The topological polar surface area (TPSA) is 64.9 Å². The van der Waals surface area contributed by atoms with Gasteiger partial charge in [-0.3, -0.25) is 0 Å². The Labute approximate surface area is 137 Å². The monoisotopic (exact) mass is 324 g/mol. The maximum Gasteiger partial charge on any atom is 0.146 e. The molecule has 22 heavy (non-hydrogen) atoms. The highest BCUT2D eigenvalue weighted by Gasteiger charge is 2.31. The third-order valence-electron chi connectivity index (χ3n) is 4.56. The van der Waals surface area contributed by atoms with Crippen LogP contribution in [-0.4, -0.2) is 21.8 Å². The van der Waals surface area contributed by atoms with Crippen LogP contribution in [0.15, 0.2) is 29.4 Å². The van der Waals surface area contributed by atoms with Crippen LogP contribution in [0.5, 0.6) is 0 Å². The summed E-state index contributed by atoms with van der Waals surface area (Å²) < 4.78 is 0. The van der Waals surface area contributed by atoms with Gasteiger partial charge in [-0.15, -0.1) is 0 Å². The summed E-state index contributed by atoms with van der Waals surface area (Å²) >= 11 is 5.96. The van der Waals surface area contributed by atoms with E-state index < -0.39 is 5.60 Å². The molecular weight excluding hydrogens is 300 g/mol. The molecule has 0 bridgehead atoms. The molecule has 2 rings (SSSR count). The van der Waals surface area contributed by atoms with Gasteiger partial charge in [-0.2, -0.15) is 0 Å². The molecule has 0 spiro atoms. The lowest BCUT2D eigenvalue weighted by Gasteiger charge is -2.35. The third kappa shape index (κ3) is 4.89. The van der Waals surface area contributed by atoms with Crippen molar-refractivity contribution in [1.29, 1.82) is 0 Å². The fourth-order valence-corrected chi connectivity index (χ4v) is 3.39. The van der Waals surface area contributed by atoms with E-state index in [0.717, 1.165) is 31.4 Å². The summed E-state index contributed by atoms with van der Waals surface area (Å²) in [5.74, 6) is 1.41. The molecule has 1 aliphatic carbocycles. The summed E-state index contributed by atoms with van der Waals surface area (Å²) in [6.45, 7) is 3.78. The van der Waals surface area contributed by atoms with Crippen LogP contribution in [0.1, 0.15) is 46.0 Å². The minimum absolute atomic E-state index is 0.360. The highest BCUT2D eigenvalue weighted by molar-refractivity contribution is 6.30. The van der Waals surface area contributed by atoms with Gasteiger partial charge < -0.3 is 15.6 Å². The van der Waals surface area contributed by atoms with Gasteiger partial charge in [0.1, 0.15) is 5.84 Å². The van der Waals surface area contributed by atoms with Crippen molar-refractivity contribution in [3.05, 3.63) is 29.3 Å². The molecule has 0 aromatic heterocycles. The smallest absolute Gasteiger partial charge is 0.146 e. The molecule has 0 radical (unpaired) electrons. The maximum absolute atomic E-state index is 10.1. The normalized spacial score (nSPS) is 23.4. The maximum atomic E-state index is 10.1. The van der Waals surface area contributed by atoms with E-state index >= 15 is 0 Å². The molecule has 5 heteroatoms. The van der Waals surface area contributed by atoms with Crippen LogP contribution in [-0.2, 0) is 0 Å². The Kier molecular flexibility index (Phi) is 5.70. The van der Waals surface area contributed by atoms with Crippen LogP contribution >= 0.6 is 11.6 Å². The fourth-order valence-electron chi connectivity index (χ4n) is 3.20. The molecule has 1 aromatic rings. The van der Waals surface area contributed by atoms with E-state index in [1.54, 1.807) is 12.1 Å². The highest BCUT2D eigenvalue weighted by atomic mass is 35.5. The average molecular weight is 325 g/mol. The summed E-state index contributed by atoms with van der Waals surface area (Å²) in [4.78, 5) is 0. The van der Waals surface area contributed by atoms with E-state index in [1.165, 1.54) is 0 Å². The second kappa shape index (κ2) is 7.34. The summed E-state index contributed by atoms with van der Waals surface area (Å²) in [5.41, 5.74) is 0.225. The number of aliphatic hydroxyl groups is 1. The molecule has 1 aromatic carbocycles. The van der Waals surface area contributed by atoms with Crippen molar-refractivity contribution in [2.75, 3.05) is 5.32 Å². The first kappa shape index (κ1) is 17.1. The summed E-state index contributed by atoms with van der Waals surface area (Å²) in [7, 11) is 0. The molecule has 0 atom stereocenters. The van der Waals surface area contributed by atoms with Crippen LogP contribution in [0.3, 0.4) is 0 Å². The minimum Gasteiger partial charge on any atom is -0.409 e. The van der Waals surface area contributed by atoms with Gasteiger partial charge in [0, 0.05) is 17.1 Å². The van der Waals surface area contributed by atoms with Crippen molar-refractivity contribution >= 4 is 23.1 Å². The lowest BCUT2D eigenvalue weighted by atomic mass is 9.74. The van der Waals surface area contributed by atoms with E-state index in [2.05, 4.69) is 10.5 Å². The summed E-state index contributed by atoms with van der Waals surface area (Å²) in [6.07, 6.45) is 4.84. The number of amidine groups is 1. The number of halogens is 1. The zero-order chi connectivity index (χ0) is 16.2. The number of benzene rings is 1. The highest BCUT2D eigenvalue weighted by Crippen LogP contribution is 2.36. The van der Waals surface area contributed by atoms with Crippen LogP contribution in [0, 0.1) is 11.8 Å². The van der Waals surface area contributed by atoms with E-state index in [4.69, 9.17) is 11.6 Å². The van der Waals surface area contributed by atoms with Gasteiger partial charge in [0.2, 0.25) is 0 Å². The van der Waals surface area contributed by atoms with E-state index in [-0.39, 0.29) is 0 Å². The van der Waals surface area contributed by atoms with Crippen molar-refractivity contribution in [2.45, 2.75) is 51.6 Å². The molecule has 0 aliphatic heterocycles. The number of hydrogen-bond donors (Lipinski definition) is 3. The largest absolute Gasteiger partial charge is 0.409 e. The number of anilines is 1. The quantitative estimate of drug-likeness (QED) is 0.330. The van der Waals surface area contributed by atoms with E-state index in [1.807, 2.05) is 26.0 Å². The van der Waals surface area contributed by atoms with Crippen LogP contribution < -0.4 is 5.32 Å². The summed E-state index contributed by atoms with van der Waals surface area (Å²) in [6, 6.07) is 7.36. The second-order valence-electron chi connectivity index (χ2n) is 6.76. The summed E-state index contributed by atoms with van der Waals surface area (Å²) in [5, 5.41) is 26.5. The first-order valence-corrected chi connectivity index (χ1v) is 8.22. The molecule has 4 nitrogen and oxygen atoms in total. The Hall–Kier alpha value is -1.26. The minimum atomic E-state index is -0.599. The first-order valence-electron chi connectivity index (χ1n) is 7.84. The van der Waals surface area contributed by atoms with Gasteiger partial charge in [0.15, 0.2) is 0 Å². The van der Waals surface area contributed by atoms with Crippen LogP contribution in [0.2, 0.25) is 5.02 Å². The van der Waals surface area contributed by atoms with Gasteiger partial charge in [0.25, 0.3) is 0 Å². The predicted octanol–water partition coefficient (Wildman–Crippen LogP) is 4.51. The Morgan fingerprint density at radius 2 is 2.00 bits per heavy atom. The van der Waals surface area contributed by atoms with E-state index in [0.29, 0.717) is 29.1 Å². The van der Waals surface area contributed by atoms with Gasteiger partial charge in [-0.25, -0.2) is 0 Å². The van der Waals surface area contributed by atoms with Crippen molar-refractivity contribution in [3.63, 3.8) is 0 Å². The van der Waals surface area contributed by atoms with Gasteiger partial charge >= 0.3 is 0 Å². The van der Waals surface area contributed by atoms with Crippen molar-refractivity contribution in [2.24, 2.45) is 17.0 Å². The zero-order valence-electron chi connectivity index (χ0n) is 13.2. The molecule has 0 unspecified atom stereocenters. The predicted molar refractivity (Wildman–Crippen MR) is 90.7 cm³/mol. The zero-order valence-corrected chi connectivity index (χ0v) is 14.0. The second-order valence-corrected chi connectivity index (χ2v) is 7.19. The molecular formula is C17H25ClN2O2. The van der Waals surface area contributed by atoms with Crippen molar-refractivity contribution in [3.8, 4) is 0 Å². The van der Waals surface area contributed by atoms with Gasteiger partial charge in [-0.05, 0) is 69.6 Å². The average Bonchev–Trinajstić information content (AvgIpc) is 2.46. The lowest BCUT2D eigenvalue weighted by Crippen LogP contribution is -2.34. The number of nitrogens with zero attached hydrogens (tertiary/aromatic N) is 1. The number of oxime groups is 1. The molecule has 0 saturated heterocycles. The first-order chi connectivity index (χ1) is 10.4. The van der Waals surface area contributed by atoms with Gasteiger partial charge in [0.05, 0.1) is 5.60 Å². The molecule has 122 valence electrons. The SMILES string of the molecule is CC(C)(O)C1CCC(C/C(=N\O)Nc2cccc(Cl)c2)CC1. The van der Waals surface area contributed by atoms with Gasteiger partial charge in [-0.1, -0.05) is 22.8 Å². The number of rotatable bonds is 4. The Balaban J connectivity index is 1.87. The van der Waals surface area contributed by atoms with Crippen molar-refractivity contribution < 1.29 is 10.3 Å². The molecule has 0 heterocycles. The molecule has 1 fully saturated rings. The van der Waals surface area contributed by atoms with Crippen LogP contribution in [0.25, 0.3) is 0 Å². The molecule has 0 amide bonds. The number of nitrogens with one attached hydrogen (secondary N) is 1. The molecule has 1 saturated carbocycles. The Morgan fingerprint density at radius 1 is 1.32 bits per heavy atom. The standard InChI is InChI=1S/C17H25ClN2O2/c1-17(2,21)13-8-6-12(7-9-13)10-16(20-22)19-15-5-3-4-14(18)11-15/h3-5,11-13,21-22H,6-10H2,1-2H3,(H,19,20). The van der Waals surface area contributed by atoms with E-state index in [9.17, 15) is 10.3 Å².